The maximum Gasteiger partial charge on any atom is 0.328 e. The molecule has 0 radical (unpaired) electrons. The van der Waals surface area contributed by atoms with E-state index in [-0.39, 0.29) is 17.9 Å². The molecular formula is C13H22N2O3. The van der Waals surface area contributed by atoms with Gasteiger partial charge in [0.2, 0.25) is 5.91 Å². The highest BCUT2D eigenvalue weighted by Gasteiger charge is 2.28. The third-order valence-corrected chi connectivity index (χ3v) is 2.96. The van der Waals surface area contributed by atoms with E-state index in [1.54, 1.807) is 6.08 Å². The van der Waals surface area contributed by atoms with E-state index in [4.69, 9.17) is 10.5 Å². The molecular weight excluding hydrogens is 232 g/mol. The molecule has 0 bridgehead atoms. The van der Waals surface area contributed by atoms with Gasteiger partial charge in [0.25, 0.3) is 0 Å². The van der Waals surface area contributed by atoms with Gasteiger partial charge in [0.1, 0.15) is 6.04 Å². The first-order valence-electron chi connectivity index (χ1n) is 6.26. The Morgan fingerprint density at radius 1 is 1.44 bits per heavy atom. The minimum absolute atomic E-state index is 0.0672. The Balaban J connectivity index is 2.57. The van der Waals surface area contributed by atoms with Crippen molar-refractivity contribution in [1.82, 2.24) is 5.32 Å². The van der Waals surface area contributed by atoms with Crippen LogP contribution in [0.3, 0.4) is 0 Å². The summed E-state index contributed by atoms with van der Waals surface area (Å²) in [6, 6.07) is -0.643. The van der Waals surface area contributed by atoms with E-state index in [0.29, 0.717) is 18.8 Å². The molecule has 3 unspecified atom stereocenters. The van der Waals surface area contributed by atoms with Crippen LogP contribution >= 0.6 is 0 Å². The van der Waals surface area contributed by atoms with Gasteiger partial charge in [-0.25, -0.2) is 4.79 Å². The largest absolute Gasteiger partial charge is 0.467 e. The fourth-order valence-electron chi connectivity index (χ4n) is 2.03. The molecule has 5 heteroatoms. The quantitative estimate of drug-likeness (QED) is 0.556. The molecule has 1 aliphatic carbocycles. The predicted molar refractivity (Wildman–Crippen MR) is 68.6 cm³/mol. The summed E-state index contributed by atoms with van der Waals surface area (Å²) in [5.74, 6) is -0.492. The van der Waals surface area contributed by atoms with Crippen LogP contribution in [0.15, 0.2) is 12.2 Å². The van der Waals surface area contributed by atoms with Crippen molar-refractivity contribution in [3.63, 3.8) is 0 Å². The molecule has 0 heterocycles. The minimum Gasteiger partial charge on any atom is -0.467 e. The van der Waals surface area contributed by atoms with Crippen molar-refractivity contribution in [1.29, 1.82) is 0 Å². The van der Waals surface area contributed by atoms with E-state index in [9.17, 15) is 9.59 Å². The fourth-order valence-corrected chi connectivity index (χ4v) is 2.03. The molecule has 5 nitrogen and oxygen atoms in total. The van der Waals surface area contributed by atoms with Gasteiger partial charge in [0.05, 0.1) is 13.0 Å². The zero-order chi connectivity index (χ0) is 13.7. The molecule has 0 fully saturated rings. The first-order chi connectivity index (χ1) is 8.43. The normalized spacial score (nSPS) is 24.1. The molecule has 3 atom stereocenters. The third-order valence-electron chi connectivity index (χ3n) is 2.96. The first-order valence-corrected chi connectivity index (χ1v) is 6.26. The van der Waals surface area contributed by atoms with Gasteiger partial charge in [0, 0.05) is 6.04 Å². The molecule has 0 saturated heterocycles. The summed E-state index contributed by atoms with van der Waals surface area (Å²) in [7, 11) is 1.33. The van der Waals surface area contributed by atoms with Gasteiger partial charge >= 0.3 is 5.97 Å². The molecule has 0 aliphatic heterocycles. The molecule has 3 N–H and O–H groups in total. The van der Waals surface area contributed by atoms with Crippen LogP contribution in [0.1, 0.15) is 26.7 Å². The first kappa shape index (κ1) is 14.7. The van der Waals surface area contributed by atoms with Crippen molar-refractivity contribution < 1.29 is 14.3 Å². The number of methoxy groups -OCH3 is 1. The Morgan fingerprint density at radius 3 is 2.56 bits per heavy atom. The van der Waals surface area contributed by atoms with Crippen molar-refractivity contribution in [3.05, 3.63) is 12.2 Å². The Morgan fingerprint density at radius 2 is 2.11 bits per heavy atom. The number of rotatable bonds is 5. The monoisotopic (exact) mass is 254 g/mol. The van der Waals surface area contributed by atoms with E-state index in [0.717, 1.165) is 0 Å². The van der Waals surface area contributed by atoms with E-state index >= 15 is 0 Å². The van der Waals surface area contributed by atoms with Crippen molar-refractivity contribution in [2.75, 3.05) is 7.11 Å². The Labute approximate surface area is 108 Å². The standard InChI is InChI=1S/C13H22N2O3/c1-8(2)6-11(13(17)18-3)15-12(16)9-4-5-10(14)7-9/h4-5,8-11H,6-7,14H2,1-3H3,(H,15,16). The van der Waals surface area contributed by atoms with Crippen LogP contribution in [0.2, 0.25) is 0 Å². The second-order valence-corrected chi connectivity index (χ2v) is 5.10. The average Bonchev–Trinajstić information content (AvgIpc) is 2.73. The summed E-state index contributed by atoms with van der Waals surface area (Å²) in [5.41, 5.74) is 5.70. The molecule has 0 spiro atoms. The summed E-state index contributed by atoms with van der Waals surface area (Å²) in [5, 5.41) is 2.74. The number of carbonyl (C=O) groups is 2. The topological polar surface area (TPSA) is 81.4 Å². The summed E-state index contributed by atoms with van der Waals surface area (Å²) < 4.78 is 4.70. The van der Waals surface area contributed by atoms with Crippen LogP contribution < -0.4 is 11.1 Å². The fraction of sp³-hybridized carbons (Fsp3) is 0.692. The molecule has 1 rings (SSSR count). The van der Waals surface area contributed by atoms with Crippen LogP contribution in [-0.2, 0) is 14.3 Å². The number of carbonyl (C=O) groups excluding carboxylic acids is 2. The van der Waals surface area contributed by atoms with Crippen LogP contribution in [0.5, 0.6) is 0 Å². The van der Waals surface area contributed by atoms with Gasteiger partial charge in [-0.2, -0.15) is 0 Å². The molecule has 0 aromatic rings. The highest BCUT2D eigenvalue weighted by molar-refractivity contribution is 5.87. The smallest absolute Gasteiger partial charge is 0.328 e. The summed E-state index contributed by atoms with van der Waals surface area (Å²) in [6.07, 6.45) is 4.78. The second kappa shape index (κ2) is 6.54. The number of hydrogen-bond acceptors (Lipinski definition) is 4. The molecule has 18 heavy (non-hydrogen) atoms. The lowest BCUT2D eigenvalue weighted by Gasteiger charge is -2.20. The third kappa shape index (κ3) is 4.14. The van der Waals surface area contributed by atoms with Gasteiger partial charge in [0.15, 0.2) is 0 Å². The SMILES string of the molecule is COC(=O)C(CC(C)C)NC(=O)C1C=CC(N)C1. The number of esters is 1. The van der Waals surface area contributed by atoms with Gasteiger partial charge in [-0.15, -0.1) is 0 Å². The van der Waals surface area contributed by atoms with Crippen molar-refractivity contribution in [3.8, 4) is 0 Å². The van der Waals surface area contributed by atoms with E-state index in [1.807, 2.05) is 19.9 Å². The lowest BCUT2D eigenvalue weighted by atomic mass is 10.0. The van der Waals surface area contributed by atoms with Crippen molar-refractivity contribution in [2.24, 2.45) is 17.6 Å². The second-order valence-electron chi connectivity index (χ2n) is 5.10. The lowest BCUT2D eigenvalue weighted by molar-refractivity contribution is -0.145. The van der Waals surface area contributed by atoms with Gasteiger partial charge in [-0.1, -0.05) is 26.0 Å². The molecule has 102 valence electrons. The number of hydrogen-bond donors (Lipinski definition) is 2. The Hall–Kier alpha value is -1.36. The molecule has 1 amide bonds. The molecule has 0 saturated carbocycles. The van der Waals surface area contributed by atoms with Crippen LogP contribution in [0, 0.1) is 11.8 Å². The summed E-state index contributed by atoms with van der Waals surface area (Å²) in [4.78, 5) is 23.6. The van der Waals surface area contributed by atoms with E-state index in [2.05, 4.69) is 5.32 Å². The number of amides is 1. The van der Waals surface area contributed by atoms with Gasteiger partial charge in [-0.05, 0) is 18.8 Å². The Bertz CT molecular complexity index is 339. The van der Waals surface area contributed by atoms with Crippen LogP contribution in [0.25, 0.3) is 0 Å². The van der Waals surface area contributed by atoms with Crippen LogP contribution in [-0.4, -0.2) is 31.1 Å². The lowest BCUT2D eigenvalue weighted by Crippen LogP contribution is -2.44. The van der Waals surface area contributed by atoms with Crippen LogP contribution in [0.4, 0.5) is 0 Å². The Kier molecular flexibility index (Phi) is 5.34. The zero-order valence-corrected chi connectivity index (χ0v) is 11.2. The number of nitrogens with one attached hydrogen (secondary N) is 1. The average molecular weight is 254 g/mol. The van der Waals surface area contributed by atoms with Crippen molar-refractivity contribution in [2.45, 2.75) is 38.8 Å². The highest BCUT2D eigenvalue weighted by Crippen LogP contribution is 2.17. The summed E-state index contributed by atoms with van der Waals surface area (Å²) in [6.45, 7) is 3.99. The molecule has 1 aliphatic rings. The van der Waals surface area contributed by atoms with Crippen molar-refractivity contribution >= 4 is 11.9 Å². The highest BCUT2D eigenvalue weighted by atomic mass is 16.5. The minimum atomic E-state index is -0.576. The maximum absolute atomic E-state index is 12.0. The van der Waals surface area contributed by atoms with E-state index in [1.165, 1.54) is 7.11 Å². The molecule has 0 aromatic carbocycles. The number of ether oxygens (including phenoxy) is 1. The maximum atomic E-state index is 12.0. The van der Waals surface area contributed by atoms with Gasteiger partial charge in [-0.3, -0.25) is 4.79 Å². The zero-order valence-electron chi connectivity index (χ0n) is 11.2. The summed E-state index contributed by atoms with van der Waals surface area (Å²) >= 11 is 0. The van der Waals surface area contributed by atoms with E-state index < -0.39 is 12.0 Å². The van der Waals surface area contributed by atoms with Gasteiger partial charge < -0.3 is 15.8 Å². The predicted octanol–water partition coefficient (Wildman–Crippen LogP) is 0.594. The molecule has 0 aromatic heterocycles. The number of nitrogens with two attached hydrogens (primary N) is 1.